The molecule has 1 N–H and O–H groups in total. The molecule has 80 valence electrons. The number of rotatable bonds is 2. The predicted molar refractivity (Wildman–Crippen MR) is 56.8 cm³/mol. The number of pyridine rings is 1. The molecule has 1 fully saturated rings. The highest BCUT2D eigenvalue weighted by molar-refractivity contribution is 6.24. The van der Waals surface area contributed by atoms with Crippen LogP contribution in [0.1, 0.15) is 12.0 Å². The molecule has 1 aliphatic rings. The van der Waals surface area contributed by atoms with Gasteiger partial charge >= 0.3 is 0 Å². The van der Waals surface area contributed by atoms with Crippen molar-refractivity contribution in [2.75, 3.05) is 11.4 Å². The van der Waals surface area contributed by atoms with E-state index >= 15 is 0 Å². The number of alkyl halides is 1. The fraction of sp³-hybridized carbons (Fsp3) is 0.400. The zero-order valence-corrected chi connectivity index (χ0v) is 8.81. The van der Waals surface area contributed by atoms with Crippen molar-refractivity contribution < 1.29 is 9.90 Å². The molecule has 1 amide bonds. The number of aromatic nitrogens is 1. The zero-order valence-electron chi connectivity index (χ0n) is 8.06. The van der Waals surface area contributed by atoms with Crippen molar-refractivity contribution in [2.24, 2.45) is 0 Å². The third kappa shape index (κ3) is 2.11. The average Bonchev–Trinajstić information content (AvgIpc) is 2.58. The highest BCUT2D eigenvalue weighted by atomic mass is 35.5. The van der Waals surface area contributed by atoms with Crippen LogP contribution in [0.4, 0.5) is 5.82 Å². The summed E-state index contributed by atoms with van der Waals surface area (Å²) in [6.07, 6.45) is 1.93. The molecule has 0 bridgehead atoms. The summed E-state index contributed by atoms with van der Waals surface area (Å²) < 4.78 is 0. The van der Waals surface area contributed by atoms with Gasteiger partial charge in [0.05, 0.1) is 12.0 Å². The van der Waals surface area contributed by atoms with Crippen LogP contribution in [0.25, 0.3) is 0 Å². The first-order valence-electron chi connectivity index (χ1n) is 4.71. The van der Waals surface area contributed by atoms with Crippen molar-refractivity contribution in [1.82, 2.24) is 4.98 Å². The van der Waals surface area contributed by atoms with Gasteiger partial charge in [0.25, 0.3) is 0 Å². The Balaban J connectivity index is 2.25. The number of halogens is 1. The standard InChI is InChI=1S/C10H11ClN2O2/c11-8-4-10(15)13(5-8)9-3-7(6-14)1-2-12-9/h1-3,8,14H,4-6H2. The number of amides is 1. The zero-order chi connectivity index (χ0) is 10.8. The molecule has 0 spiro atoms. The van der Waals surface area contributed by atoms with Gasteiger partial charge in [-0.05, 0) is 17.7 Å². The molecule has 0 aromatic carbocycles. The van der Waals surface area contributed by atoms with Crippen molar-refractivity contribution >= 4 is 23.3 Å². The van der Waals surface area contributed by atoms with Crippen molar-refractivity contribution in [3.63, 3.8) is 0 Å². The molecule has 1 aromatic heterocycles. The van der Waals surface area contributed by atoms with E-state index in [-0.39, 0.29) is 17.9 Å². The molecule has 1 unspecified atom stereocenters. The Morgan fingerprint density at radius 3 is 3.07 bits per heavy atom. The summed E-state index contributed by atoms with van der Waals surface area (Å²) in [5.74, 6) is 0.548. The van der Waals surface area contributed by atoms with Crippen LogP contribution in [-0.2, 0) is 11.4 Å². The lowest BCUT2D eigenvalue weighted by molar-refractivity contribution is -0.117. The Labute approximate surface area is 92.5 Å². The molecule has 1 saturated heterocycles. The SMILES string of the molecule is O=C1CC(Cl)CN1c1cc(CO)ccn1. The van der Waals surface area contributed by atoms with E-state index in [0.717, 1.165) is 5.56 Å². The van der Waals surface area contributed by atoms with Gasteiger partial charge in [-0.2, -0.15) is 0 Å². The lowest BCUT2D eigenvalue weighted by Gasteiger charge is -2.14. The van der Waals surface area contributed by atoms with Crippen LogP contribution in [0.15, 0.2) is 18.3 Å². The van der Waals surface area contributed by atoms with E-state index < -0.39 is 0 Å². The normalized spacial score (nSPS) is 21.1. The summed E-state index contributed by atoms with van der Waals surface area (Å²) in [5, 5.41) is 8.82. The first-order valence-corrected chi connectivity index (χ1v) is 5.14. The Morgan fingerprint density at radius 2 is 2.47 bits per heavy atom. The van der Waals surface area contributed by atoms with E-state index in [4.69, 9.17) is 16.7 Å². The highest BCUT2D eigenvalue weighted by Crippen LogP contribution is 2.22. The number of carbonyl (C=O) groups is 1. The highest BCUT2D eigenvalue weighted by Gasteiger charge is 2.29. The number of nitrogens with zero attached hydrogens (tertiary/aromatic N) is 2. The molecular formula is C10H11ClN2O2. The Kier molecular flexibility index (Phi) is 2.88. The molecule has 0 saturated carbocycles. The Bertz CT molecular complexity index is 383. The second-order valence-corrected chi connectivity index (χ2v) is 4.10. The van der Waals surface area contributed by atoms with Crippen LogP contribution < -0.4 is 4.90 Å². The lowest BCUT2D eigenvalue weighted by atomic mass is 10.3. The van der Waals surface area contributed by atoms with Crippen molar-refractivity contribution in [3.05, 3.63) is 23.9 Å². The largest absolute Gasteiger partial charge is 0.392 e. The van der Waals surface area contributed by atoms with E-state index in [1.54, 1.807) is 23.2 Å². The quantitative estimate of drug-likeness (QED) is 0.763. The van der Waals surface area contributed by atoms with Gasteiger partial charge in [0.2, 0.25) is 5.91 Å². The first kappa shape index (κ1) is 10.4. The second kappa shape index (κ2) is 4.16. The molecule has 15 heavy (non-hydrogen) atoms. The number of aliphatic hydroxyl groups is 1. The van der Waals surface area contributed by atoms with E-state index in [2.05, 4.69) is 4.98 Å². The smallest absolute Gasteiger partial charge is 0.229 e. The van der Waals surface area contributed by atoms with Crippen LogP contribution in [0.2, 0.25) is 0 Å². The van der Waals surface area contributed by atoms with Gasteiger partial charge in [0, 0.05) is 19.2 Å². The third-order valence-corrected chi connectivity index (χ3v) is 2.64. The number of hydrogen-bond acceptors (Lipinski definition) is 3. The fourth-order valence-electron chi connectivity index (χ4n) is 1.59. The molecule has 2 rings (SSSR count). The molecule has 0 radical (unpaired) electrons. The maximum atomic E-state index is 11.5. The van der Waals surface area contributed by atoms with Gasteiger partial charge in [-0.3, -0.25) is 9.69 Å². The van der Waals surface area contributed by atoms with Crippen LogP contribution in [0.3, 0.4) is 0 Å². The van der Waals surface area contributed by atoms with Gasteiger partial charge < -0.3 is 5.11 Å². The van der Waals surface area contributed by atoms with Gasteiger partial charge in [-0.1, -0.05) is 0 Å². The minimum absolute atomic E-state index is 0.0161. The van der Waals surface area contributed by atoms with Gasteiger partial charge in [-0.25, -0.2) is 4.98 Å². The molecule has 1 atom stereocenters. The molecular weight excluding hydrogens is 216 g/mol. The van der Waals surface area contributed by atoms with Crippen LogP contribution in [0.5, 0.6) is 0 Å². The van der Waals surface area contributed by atoms with Crippen molar-refractivity contribution in [3.8, 4) is 0 Å². The molecule has 1 aromatic rings. The number of anilines is 1. The van der Waals surface area contributed by atoms with Crippen molar-refractivity contribution in [1.29, 1.82) is 0 Å². The molecule has 4 nitrogen and oxygen atoms in total. The lowest BCUT2D eigenvalue weighted by Crippen LogP contribution is -2.25. The predicted octanol–water partition coefficient (Wildman–Crippen LogP) is 0.918. The van der Waals surface area contributed by atoms with E-state index in [9.17, 15) is 4.79 Å². The monoisotopic (exact) mass is 226 g/mol. The summed E-state index contributed by atoms with van der Waals surface area (Å²) in [6, 6.07) is 3.41. The van der Waals surface area contributed by atoms with Crippen LogP contribution >= 0.6 is 11.6 Å². The van der Waals surface area contributed by atoms with Crippen molar-refractivity contribution in [2.45, 2.75) is 18.4 Å². The molecule has 2 heterocycles. The summed E-state index contributed by atoms with van der Waals surface area (Å²) in [7, 11) is 0. The fourth-order valence-corrected chi connectivity index (χ4v) is 1.86. The van der Waals surface area contributed by atoms with Gasteiger partial charge in [0.15, 0.2) is 0 Å². The van der Waals surface area contributed by atoms with E-state index in [0.29, 0.717) is 18.8 Å². The maximum absolute atomic E-state index is 11.5. The van der Waals surface area contributed by atoms with Gasteiger partial charge in [-0.15, -0.1) is 11.6 Å². The summed E-state index contributed by atoms with van der Waals surface area (Å²) in [6.45, 7) is 0.435. The number of carbonyl (C=O) groups excluding carboxylic acids is 1. The van der Waals surface area contributed by atoms with Gasteiger partial charge in [0.1, 0.15) is 5.82 Å². The maximum Gasteiger partial charge on any atom is 0.229 e. The topological polar surface area (TPSA) is 53.4 Å². The third-order valence-electron chi connectivity index (χ3n) is 2.35. The summed E-state index contributed by atoms with van der Waals surface area (Å²) >= 11 is 5.89. The minimum atomic E-state index is -0.142. The average molecular weight is 227 g/mol. The number of aliphatic hydroxyl groups excluding tert-OH is 1. The van der Waals surface area contributed by atoms with E-state index in [1.807, 2.05) is 0 Å². The molecule has 1 aliphatic heterocycles. The summed E-state index contributed by atoms with van der Waals surface area (Å²) in [4.78, 5) is 17.2. The summed E-state index contributed by atoms with van der Waals surface area (Å²) in [5.41, 5.74) is 0.742. The van der Waals surface area contributed by atoms with Crippen LogP contribution in [-0.4, -0.2) is 27.9 Å². The Morgan fingerprint density at radius 1 is 1.67 bits per heavy atom. The molecule has 0 aliphatic carbocycles. The number of hydrogen-bond donors (Lipinski definition) is 1. The first-order chi connectivity index (χ1) is 7.20. The second-order valence-electron chi connectivity index (χ2n) is 3.49. The van der Waals surface area contributed by atoms with E-state index in [1.165, 1.54) is 0 Å². The van der Waals surface area contributed by atoms with Crippen LogP contribution in [0, 0.1) is 0 Å². The Hall–Kier alpha value is -1.13. The minimum Gasteiger partial charge on any atom is -0.392 e. The molecule has 5 heteroatoms.